The van der Waals surface area contributed by atoms with Crippen LogP contribution in [0.3, 0.4) is 0 Å². The highest BCUT2D eigenvalue weighted by atomic mass is 127. The summed E-state index contributed by atoms with van der Waals surface area (Å²) in [6.45, 7) is 0.560. The van der Waals surface area contributed by atoms with E-state index in [-0.39, 0.29) is 12.5 Å². The van der Waals surface area contributed by atoms with Crippen LogP contribution in [0.4, 0.5) is 0 Å². The Morgan fingerprint density at radius 2 is 2.14 bits per heavy atom. The molecule has 0 aromatic rings. The summed E-state index contributed by atoms with van der Waals surface area (Å²) >= 11 is 2.24. The van der Waals surface area contributed by atoms with E-state index in [1.165, 1.54) is 0 Å². The van der Waals surface area contributed by atoms with Gasteiger partial charge in [-0.3, -0.25) is 14.5 Å². The smallest absolute Gasteiger partial charge is 0.322 e. The van der Waals surface area contributed by atoms with Gasteiger partial charge in [0.15, 0.2) is 0 Å². The van der Waals surface area contributed by atoms with Crippen LogP contribution in [-0.4, -0.2) is 46.6 Å². The first-order valence-corrected chi connectivity index (χ1v) is 5.82. The van der Waals surface area contributed by atoms with Crippen LogP contribution in [0.1, 0.15) is 12.8 Å². The van der Waals surface area contributed by atoms with E-state index < -0.39 is 5.97 Å². The number of hydrogen-bond acceptors (Lipinski definition) is 3. The number of rotatable bonds is 7. The third-order valence-corrected chi connectivity index (χ3v) is 2.75. The number of hydrogen-bond donors (Lipinski definition) is 2. The van der Waals surface area contributed by atoms with Crippen molar-refractivity contribution in [2.75, 3.05) is 24.7 Å². The number of carboxylic acids is 1. The Morgan fingerprint density at radius 1 is 1.50 bits per heavy atom. The summed E-state index contributed by atoms with van der Waals surface area (Å²) in [6.07, 6.45) is 1.14. The van der Waals surface area contributed by atoms with E-state index in [4.69, 9.17) is 5.11 Å². The number of carbonyl (C=O) groups excluding carboxylic acids is 1. The minimum Gasteiger partial charge on any atom is -0.480 e. The Kier molecular flexibility index (Phi) is 7.77. The Labute approximate surface area is 97.0 Å². The maximum Gasteiger partial charge on any atom is 0.322 e. The highest BCUT2D eigenvalue weighted by Gasteiger charge is 2.04. The molecule has 0 rings (SSSR count). The molecule has 0 radical (unpaired) electrons. The van der Waals surface area contributed by atoms with Gasteiger partial charge in [-0.2, -0.15) is 0 Å². The fourth-order valence-electron chi connectivity index (χ4n) is 0.832. The molecule has 0 fully saturated rings. The lowest BCUT2D eigenvalue weighted by Crippen LogP contribution is -2.29. The van der Waals surface area contributed by atoms with E-state index in [0.717, 1.165) is 17.5 Å². The van der Waals surface area contributed by atoms with Crippen molar-refractivity contribution in [3.05, 3.63) is 0 Å². The van der Waals surface area contributed by atoms with E-state index >= 15 is 0 Å². The maximum atomic E-state index is 11.0. The van der Waals surface area contributed by atoms with Gasteiger partial charge in [0, 0.05) is 6.42 Å². The van der Waals surface area contributed by atoms with Crippen molar-refractivity contribution in [2.24, 2.45) is 0 Å². The van der Waals surface area contributed by atoms with Crippen LogP contribution < -0.4 is 5.32 Å². The average molecular weight is 314 g/mol. The zero-order valence-corrected chi connectivity index (χ0v) is 10.3. The summed E-state index contributed by atoms with van der Waals surface area (Å²) in [5.74, 6) is -1.21. The van der Waals surface area contributed by atoms with Crippen LogP contribution in [0.15, 0.2) is 0 Å². The number of amides is 1. The molecule has 82 valence electrons. The molecule has 0 spiro atoms. The summed E-state index contributed by atoms with van der Waals surface area (Å²) in [4.78, 5) is 23.2. The molecule has 0 aromatic heterocycles. The molecular formula is C8H15IN2O3. The molecular weight excluding hydrogens is 299 g/mol. The minimum atomic E-state index is -1.01. The van der Waals surface area contributed by atoms with Crippen molar-refractivity contribution in [3.63, 3.8) is 0 Å². The molecule has 0 aliphatic carbocycles. The molecule has 6 heteroatoms. The van der Waals surface area contributed by atoms with E-state index in [1.807, 2.05) is 7.05 Å². The predicted octanol–water partition coefficient (Wildman–Crippen LogP) is 0.292. The van der Waals surface area contributed by atoms with Crippen molar-refractivity contribution in [3.8, 4) is 0 Å². The van der Waals surface area contributed by atoms with Gasteiger partial charge >= 0.3 is 5.97 Å². The summed E-state index contributed by atoms with van der Waals surface area (Å²) in [5, 5.41) is 10.6. The van der Waals surface area contributed by atoms with E-state index in [1.54, 1.807) is 0 Å². The van der Waals surface area contributed by atoms with Gasteiger partial charge in [-0.15, -0.1) is 0 Å². The molecule has 2 N–H and O–H groups in total. The molecule has 0 saturated heterocycles. The molecule has 0 bridgehead atoms. The molecule has 14 heavy (non-hydrogen) atoms. The van der Waals surface area contributed by atoms with Crippen molar-refractivity contribution in [2.45, 2.75) is 12.8 Å². The quantitative estimate of drug-likeness (QED) is 0.403. The second-order valence-corrected chi connectivity index (χ2v) is 3.66. The third-order valence-electron chi connectivity index (χ3n) is 1.58. The van der Waals surface area contributed by atoms with Crippen LogP contribution in [0.5, 0.6) is 0 Å². The second kappa shape index (κ2) is 7.98. The average Bonchev–Trinajstić information content (AvgIpc) is 2.14. The number of halogens is 1. The lowest BCUT2D eigenvalue weighted by atomic mass is 10.3. The second-order valence-electron chi connectivity index (χ2n) is 2.97. The zero-order valence-electron chi connectivity index (χ0n) is 8.12. The highest BCUT2D eigenvalue weighted by Crippen LogP contribution is 1.95. The number of aliphatic carboxylic acids is 1. The van der Waals surface area contributed by atoms with E-state index in [0.29, 0.717) is 6.42 Å². The largest absolute Gasteiger partial charge is 0.480 e. The van der Waals surface area contributed by atoms with Crippen molar-refractivity contribution < 1.29 is 14.7 Å². The van der Waals surface area contributed by atoms with Crippen LogP contribution in [0, 0.1) is 0 Å². The van der Waals surface area contributed by atoms with Crippen molar-refractivity contribution in [1.82, 2.24) is 10.2 Å². The number of nitrogens with zero attached hydrogens (tertiary/aromatic N) is 1. The Hall–Kier alpha value is -0.370. The Balaban J connectivity index is 3.40. The Bertz CT molecular complexity index is 199. The van der Waals surface area contributed by atoms with E-state index in [9.17, 15) is 9.59 Å². The van der Waals surface area contributed by atoms with Crippen LogP contribution in [0.2, 0.25) is 0 Å². The maximum absolute atomic E-state index is 11.0. The third kappa shape index (κ3) is 8.24. The van der Waals surface area contributed by atoms with Gasteiger partial charge in [0.1, 0.15) is 6.54 Å². The monoisotopic (exact) mass is 314 g/mol. The summed E-state index contributed by atoms with van der Waals surface area (Å²) in [5.41, 5.74) is 0. The Morgan fingerprint density at radius 3 is 2.64 bits per heavy atom. The number of nitrogens with one attached hydrogen (secondary N) is 1. The first-order valence-electron chi connectivity index (χ1n) is 4.29. The molecule has 1 amide bonds. The molecule has 0 aromatic carbocycles. The summed E-state index contributed by atoms with van der Waals surface area (Å²) in [7, 11) is 1.97. The molecule has 0 saturated carbocycles. The van der Waals surface area contributed by atoms with Crippen LogP contribution in [-0.2, 0) is 9.59 Å². The molecule has 0 aliphatic rings. The van der Waals surface area contributed by atoms with Gasteiger partial charge < -0.3 is 10.4 Å². The minimum absolute atomic E-state index is 0.200. The first-order chi connectivity index (χ1) is 6.56. The molecule has 5 nitrogen and oxygen atoms in total. The van der Waals surface area contributed by atoms with Crippen molar-refractivity contribution in [1.29, 1.82) is 0 Å². The predicted molar refractivity (Wildman–Crippen MR) is 61.4 cm³/mol. The standard InChI is InChI=1S/C8H15IN2O3/c1-11(6-9)4-2-3-7(12)10-5-8(13)14/h2-6H2,1H3,(H,10,12)(H,13,14). The van der Waals surface area contributed by atoms with Gasteiger partial charge in [-0.05, 0) is 20.0 Å². The molecule has 0 aliphatic heterocycles. The number of carboxylic acid groups (broad SMARTS) is 1. The van der Waals surface area contributed by atoms with Gasteiger partial charge in [0.2, 0.25) is 5.91 Å². The normalized spacial score (nSPS) is 10.2. The first kappa shape index (κ1) is 13.6. The number of carbonyl (C=O) groups is 2. The summed E-state index contributed by atoms with van der Waals surface area (Å²) < 4.78 is 0.925. The van der Waals surface area contributed by atoms with Crippen LogP contribution >= 0.6 is 22.6 Å². The fourth-order valence-corrected chi connectivity index (χ4v) is 1.17. The molecule has 0 unspecified atom stereocenters. The number of alkyl halides is 1. The van der Waals surface area contributed by atoms with Crippen LogP contribution in [0.25, 0.3) is 0 Å². The van der Waals surface area contributed by atoms with Gasteiger partial charge in [-0.25, -0.2) is 0 Å². The highest BCUT2D eigenvalue weighted by molar-refractivity contribution is 14.1. The fraction of sp³-hybridized carbons (Fsp3) is 0.750. The zero-order chi connectivity index (χ0) is 11.0. The molecule has 0 heterocycles. The lowest BCUT2D eigenvalue weighted by molar-refractivity contribution is -0.137. The topological polar surface area (TPSA) is 69.6 Å². The van der Waals surface area contributed by atoms with E-state index in [2.05, 4.69) is 32.8 Å². The lowest BCUT2D eigenvalue weighted by Gasteiger charge is -2.11. The van der Waals surface area contributed by atoms with Crippen molar-refractivity contribution >= 4 is 34.5 Å². The summed E-state index contributed by atoms with van der Waals surface area (Å²) in [6, 6.07) is 0. The van der Waals surface area contributed by atoms with Gasteiger partial charge in [-0.1, -0.05) is 22.6 Å². The van der Waals surface area contributed by atoms with Gasteiger partial charge in [0.05, 0.1) is 4.55 Å². The SMILES string of the molecule is CN(CI)CCCC(=O)NCC(=O)O. The molecule has 0 atom stereocenters. The van der Waals surface area contributed by atoms with Gasteiger partial charge in [0.25, 0.3) is 0 Å².